The molecular weight excluding hydrogens is 404 g/mol. The molecule has 1 aliphatic heterocycles. The molecule has 6 heteroatoms. The Morgan fingerprint density at radius 2 is 1.59 bits per heavy atom. The van der Waals surface area contributed by atoms with Crippen molar-refractivity contribution in [1.29, 1.82) is 0 Å². The lowest BCUT2D eigenvalue weighted by Crippen LogP contribution is -2.52. The number of hydrogen-bond donors (Lipinski definition) is 0. The third kappa shape index (κ3) is 3.97. The summed E-state index contributed by atoms with van der Waals surface area (Å²) in [5.74, 6) is 5.16. The van der Waals surface area contributed by atoms with E-state index in [0.717, 1.165) is 12.8 Å². The molecule has 4 nitrogen and oxygen atoms in total. The Balaban J connectivity index is 1.57. The first-order valence-corrected chi connectivity index (χ1v) is 13.3. The zero-order chi connectivity index (χ0) is 20.8. The maximum atomic E-state index is 11.7. The normalized spacial score (nSPS) is 43.3. The second-order valence-electron chi connectivity index (χ2n) is 10.0. The van der Waals surface area contributed by atoms with E-state index < -0.39 is 0 Å². The predicted octanol–water partition coefficient (Wildman–Crippen LogP) is 5.15. The molecule has 4 aliphatic rings. The Morgan fingerprint density at radius 1 is 0.897 bits per heavy atom. The van der Waals surface area contributed by atoms with Crippen LogP contribution in [0.2, 0.25) is 0 Å². The van der Waals surface area contributed by atoms with Crippen LogP contribution in [0.15, 0.2) is 0 Å². The number of esters is 2. The average Bonchev–Trinajstić information content (AvgIpc) is 3.24. The van der Waals surface area contributed by atoms with Gasteiger partial charge in [-0.05, 0) is 69.1 Å². The van der Waals surface area contributed by atoms with Gasteiger partial charge in [-0.2, -0.15) is 0 Å². The number of thioether (sulfide) groups is 2. The molecule has 1 heterocycles. The van der Waals surface area contributed by atoms with Crippen molar-refractivity contribution in [3.8, 4) is 0 Å². The Bertz CT molecular complexity index is 647. The maximum absolute atomic E-state index is 11.7. The van der Waals surface area contributed by atoms with Crippen molar-refractivity contribution in [2.75, 3.05) is 18.1 Å². The van der Waals surface area contributed by atoms with Gasteiger partial charge in [0.05, 0.1) is 10.7 Å². The highest BCUT2D eigenvalue weighted by atomic mass is 32.2. The molecule has 3 aliphatic carbocycles. The zero-order valence-corrected chi connectivity index (χ0v) is 19.9. The fraction of sp³-hybridized carbons (Fsp3) is 0.913. The van der Waals surface area contributed by atoms with Gasteiger partial charge in [-0.15, -0.1) is 23.5 Å². The molecule has 1 saturated heterocycles. The number of fused-ring (bicyclic) bond motifs is 3. The largest absolute Gasteiger partial charge is 0.466 e. The van der Waals surface area contributed by atoms with Crippen LogP contribution < -0.4 is 0 Å². The molecule has 4 rings (SSSR count). The van der Waals surface area contributed by atoms with Crippen LogP contribution in [-0.2, 0) is 19.1 Å². The third-order valence-electron chi connectivity index (χ3n) is 8.60. The predicted molar refractivity (Wildman–Crippen MR) is 119 cm³/mol. The second-order valence-corrected chi connectivity index (χ2v) is 13.4. The molecule has 0 bridgehead atoms. The molecule has 164 valence electrons. The molecule has 0 aromatic carbocycles. The summed E-state index contributed by atoms with van der Waals surface area (Å²) >= 11 is 4.24. The highest BCUT2D eigenvalue weighted by molar-refractivity contribution is 8.21. The van der Waals surface area contributed by atoms with Crippen LogP contribution in [0.3, 0.4) is 0 Å². The molecule has 0 amide bonds. The molecule has 7 atom stereocenters. The van der Waals surface area contributed by atoms with Crippen molar-refractivity contribution in [3.05, 3.63) is 0 Å². The molecule has 0 radical (unpaired) electrons. The van der Waals surface area contributed by atoms with Crippen LogP contribution in [-0.4, -0.2) is 40.2 Å². The van der Waals surface area contributed by atoms with Gasteiger partial charge in [-0.3, -0.25) is 9.59 Å². The van der Waals surface area contributed by atoms with E-state index in [4.69, 9.17) is 9.47 Å². The number of hydrogen-bond acceptors (Lipinski definition) is 6. The lowest BCUT2D eigenvalue weighted by atomic mass is 9.52. The van der Waals surface area contributed by atoms with Gasteiger partial charge < -0.3 is 9.47 Å². The first kappa shape index (κ1) is 21.9. The summed E-state index contributed by atoms with van der Waals surface area (Å²) in [7, 11) is 0. The third-order valence-corrected chi connectivity index (χ3v) is 12.1. The van der Waals surface area contributed by atoms with E-state index in [2.05, 4.69) is 37.4 Å². The molecular formula is C23H36O4S2. The number of rotatable bonds is 4. The molecule has 4 fully saturated rings. The summed E-state index contributed by atoms with van der Waals surface area (Å²) in [6.45, 7) is 8.45. The number of carbonyl (C=O) groups is 2. The zero-order valence-electron chi connectivity index (χ0n) is 18.3. The average molecular weight is 441 g/mol. The van der Waals surface area contributed by atoms with Crippen LogP contribution in [0.1, 0.15) is 66.2 Å². The SMILES string of the molecule is CC(=O)OC[C@@H]1[C@H]2CC[C@]3(C)[C@@H](OC(C)=O)CC[C@H]3[C@@H]2CC[C@H]1C1(C)SCCS1. The monoisotopic (exact) mass is 440 g/mol. The van der Waals surface area contributed by atoms with E-state index >= 15 is 0 Å². The lowest BCUT2D eigenvalue weighted by Gasteiger charge is -2.56. The minimum absolute atomic E-state index is 0.0778. The van der Waals surface area contributed by atoms with Crippen LogP contribution in [0.4, 0.5) is 0 Å². The van der Waals surface area contributed by atoms with Crippen LogP contribution in [0, 0.1) is 35.0 Å². The molecule has 0 aromatic heterocycles. The van der Waals surface area contributed by atoms with Crippen molar-refractivity contribution >= 4 is 35.5 Å². The fourth-order valence-electron chi connectivity index (χ4n) is 7.34. The molecule has 0 unspecified atom stereocenters. The highest BCUT2D eigenvalue weighted by Crippen LogP contribution is 2.64. The fourth-order valence-corrected chi connectivity index (χ4v) is 10.7. The van der Waals surface area contributed by atoms with E-state index in [-0.39, 0.29) is 27.5 Å². The Hall–Kier alpha value is -0.360. The summed E-state index contributed by atoms with van der Waals surface area (Å²) in [5, 5.41) is 0. The van der Waals surface area contributed by atoms with E-state index in [1.54, 1.807) is 6.92 Å². The molecule has 0 aromatic rings. The van der Waals surface area contributed by atoms with Crippen LogP contribution >= 0.6 is 23.5 Å². The molecule has 3 saturated carbocycles. The van der Waals surface area contributed by atoms with Gasteiger partial charge in [0.2, 0.25) is 0 Å². The second kappa shape index (κ2) is 8.29. The summed E-state index contributed by atoms with van der Waals surface area (Å²) in [6, 6.07) is 0. The Labute approximate surface area is 184 Å². The van der Waals surface area contributed by atoms with Gasteiger partial charge >= 0.3 is 11.9 Å². The molecule has 0 spiro atoms. The topological polar surface area (TPSA) is 52.6 Å². The standard InChI is InChI=1S/C23H36O4S2/c1-14(24)26-13-18-16-9-10-22(3)19(7-8-21(22)27-15(2)25)17(16)5-6-20(18)23(4)28-11-12-29-23/h16-21H,5-13H2,1-4H3/t16-,17+,18+,19-,20+,21-,22-/m0/s1. The first-order valence-electron chi connectivity index (χ1n) is 11.3. The Morgan fingerprint density at radius 3 is 2.24 bits per heavy atom. The van der Waals surface area contributed by atoms with E-state index in [1.165, 1.54) is 44.1 Å². The van der Waals surface area contributed by atoms with Gasteiger partial charge in [-0.1, -0.05) is 6.92 Å². The van der Waals surface area contributed by atoms with Crippen molar-refractivity contribution in [2.45, 2.75) is 76.4 Å². The van der Waals surface area contributed by atoms with Crippen molar-refractivity contribution in [2.24, 2.45) is 35.0 Å². The van der Waals surface area contributed by atoms with E-state index in [9.17, 15) is 9.59 Å². The van der Waals surface area contributed by atoms with Gasteiger partial charge in [0.1, 0.15) is 6.10 Å². The van der Waals surface area contributed by atoms with Crippen molar-refractivity contribution < 1.29 is 19.1 Å². The first-order chi connectivity index (χ1) is 13.7. The lowest BCUT2D eigenvalue weighted by molar-refractivity contribution is -0.158. The van der Waals surface area contributed by atoms with Crippen molar-refractivity contribution in [3.63, 3.8) is 0 Å². The van der Waals surface area contributed by atoms with Gasteiger partial charge in [0.15, 0.2) is 0 Å². The van der Waals surface area contributed by atoms with E-state index in [0.29, 0.717) is 36.2 Å². The highest BCUT2D eigenvalue weighted by Gasteiger charge is 2.59. The van der Waals surface area contributed by atoms with E-state index in [1.807, 2.05) is 0 Å². The number of carbonyl (C=O) groups excluding carboxylic acids is 2. The molecule has 0 N–H and O–H groups in total. The quantitative estimate of drug-likeness (QED) is 0.564. The minimum Gasteiger partial charge on any atom is -0.466 e. The van der Waals surface area contributed by atoms with Gasteiger partial charge in [-0.25, -0.2) is 0 Å². The van der Waals surface area contributed by atoms with Crippen LogP contribution in [0.5, 0.6) is 0 Å². The van der Waals surface area contributed by atoms with Crippen molar-refractivity contribution in [1.82, 2.24) is 0 Å². The summed E-state index contributed by atoms with van der Waals surface area (Å²) in [4.78, 5) is 23.3. The maximum Gasteiger partial charge on any atom is 0.302 e. The smallest absolute Gasteiger partial charge is 0.302 e. The van der Waals surface area contributed by atoms with Crippen LogP contribution in [0.25, 0.3) is 0 Å². The molecule has 29 heavy (non-hydrogen) atoms. The van der Waals surface area contributed by atoms with Gasteiger partial charge in [0.25, 0.3) is 0 Å². The number of ether oxygens (including phenoxy) is 2. The minimum atomic E-state index is -0.154. The summed E-state index contributed by atoms with van der Waals surface area (Å²) in [6.07, 6.45) is 7.05. The summed E-state index contributed by atoms with van der Waals surface area (Å²) in [5.41, 5.74) is 0.117. The summed E-state index contributed by atoms with van der Waals surface area (Å²) < 4.78 is 11.7. The van der Waals surface area contributed by atoms with Gasteiger partial charge in [0, 0.05) is 36.7 Å². The Kier molecular flexibility index (Phi) is 6.25.